The maximum absolute atomic E-state index is 13.0. The first-order valence-corrected chi connectivity index (χ1v) is 9.03. The molecule has 1 saturated heterocycles. The molecule has 2 heterocycles. The Morgan fingerprint density at radius 2 is 1.89 bits per heavy atom. The summed E-state index contributed by atoms with van der Waals surface area (Å²) in [6.07, 6.45) is 0. The lowest BCUT2D eigenvalue weighted by atomic mass is 10.1. The van der Waals surface area contributed by atoms with Crippen molar-refractivity contribution in [2.24, 2.45) is 0 Å². The van der Waals surface area contributed by atoms with Crippen molar-refractivity contribution < 1.29 is 23.8 Å². The molecule has 2 aliphatic rings. The molecule has 2 aromatic carbocycles. The summed E-state index contributed by atoms with van der Waals surface area (Å²) in [5.41, 5.74) is 1.96. The Morgan fingerprint density at radius 3 is 2.56 bits per heavy atom. The average Bonchev–Trinajstić information content (AvgIpc) is 3.23. The molecule has 27 heavy (non-hydrogen) atoms. The molecule has 6 nitrogen and oxygen atoms in total. The number of hydrogen-bond acceptors (Lipinski definition) is 5. The third kappa shape index (κ3) is 3.10. The monoisotopic (exact) mass is 387 g/mol. The van der Waals surface area contributed by atoms with Crippen LogP contribution in [0, 0.1) is 0 Å². The van der Waals surface area contributed by atoms with Crippen LogP contribution in [0.15, 0.2) is 42.5 Å². The van der Waals surface area contributed by atoms with Crippen LogP contribution >= 0.6 is 11.6 Å². The van der Waals surface area contributed by atoms with E-state index in [1.54, 1.807) is 47.4 Å². The standard InChI is InChI=1S/C20H18ClNO5/c1-13(23)14-2-5-16(6-3-14)25-9-8-22-18-7-4-15(21)12-17(18)20(19(22)24)26-10-11-27-20/h2-7,12H,8-11H2,1H3. The van der Waals surface area contributed by atoms with Crippen molar-refractivity contribution in [2.75, 3.05) is 31.3 Å². The summed E-state index contributed by atoms with van der Waals surface area (Å²) in [5, 5.41) is 0.517. The first-order chi connectivity index (χ1) is 13.0. The van der Waals surface area contributed by atoms with Crippen LogP contribution in [0.5, 0.6) is 5.75 Å². The molecule has 0 saturated carbocycles. The van der Waals surface area contributed by atoms with E-state index in [1.807, 2.05) is 0 Å². The fourth-order valence-electron chi connectivity index (χ4n) is 3.36. The maximum atomic E-state index is 13.0. The average molecular weight is 388 g/mol. The molecule has 0 atom stereocenters. The number of carbonyl (C=O) groups excluding carboxylic acids is 2. The number of anilines is 1. The summed E-state index contributed by atoms with van der Waals surface area (Å²) in [7, 11) is 0. The number of rotatable bonds is 5. The molecule has 2 aromatic rings. The predicted molar refractivity (Wildman–Crippen MR) is 99.3 cm³/mol. The smallest absolute Gasteiger partial charge is 0.292 e. The number of hydrogen-bond donors (Lipinski definition) is 0. The van der Waals surface area contributed by atoms with Crippen LogP contribution in [0.1, 0.15) is 22.8 Å². The summed E-state index contributed by atoms with van der Waals surface area (Å²) < 4.78 is 17.1. The minimum absolute atomic E-state index is 0.00124. The second-order valence-corrected chi connectivity index (χ2v) is 6.80. The van der Waals surface area contributed by atoms with E-state index in [4.69, 9.17) is 25.8 Å². The van der Waals surface area contributed by atoms with Gasteiger partial charge < -0.3 is 19.1 Å². The number of amides is 1. The molecule has 7 heteroatoms. The van der Waals surface area contributed by atoms with Gasteiger partial charge in [-0.3, -0.25) is 9.59 Å². The van der Waals surface area contributed by atoms with Gasteiger partial charge in [0.05, 0.1) is 25.4 Å². The third-order valence-electron chi connectivity index (χ3n) is 4.67. The van der Waals surface area contributed by atoms with E-state index in [0.29, 0.717) is 47.3 Å². The van der Waals surface area contributed by atoms with E-state index >= 15 is 0 Å². The molecule has 0 N–H and O–H groups in total. The van der Waals surface area contributed by atoms with Crippen molar-refractivity contribution >= 4 is 29.0 Å². The lowest BCUT2D eigenvalue weighted by molar-refractivity contribution is -0.180. The van der Waals surface area contributed by atoms with Gasteiger partial charge in [-0.15, -0.1) is 0 Å². The SMILES string of the molecule is CC(=O)c1ccc(OCCN2C(=O)C3(OCCO3)c3cc(Cl)ccc32)cc1. The minimum atomic E-state index is -1.40. The van der Waals surface area contributed by atoms with Crippen molar-refractivity contribution in [3.63, 3.8) is 0 Å². The van der Waals surface area contributed by atoms with Gasteiger partial charge in [0.1, 0.15) is 12.4 Å². The number of halogens is 1. The molecule has 2 aliphatic heterocycles. The molecule has 0 aromatic heterocycles. The van der Waals surface area contributed by atoms with Gasteiger partial charge in [-0.05, 0) is 49.4 Å². The molecule has 1 amide bonds. The summed E-state index contributed by atoms with van der Waals surface area (Å²) >= 11 is 6.11. The quantitative estimate of drug-likeness (QED) is 0.737. The van der Waals surface area contributed by atoms with E-state index in [0.717, 1.165) is 0 Å². The summed E-state index contributed by atoms with van der Waals surface area (Å²) in [5.74, 6) is -1.04. The maximum Gasteiger partial charge on any atom is 0.292 e. The van der Waals surface area contributed by atoms with Crippen LogP contribution in [-0.2, 0) is 20.1 Å². The van der Waals surface area contributed by atoms with Gasteiger partial charge in [-0.2, -0.15) is 0 Å². The highest BCUT2D eigenvalue weighted by Crippen LogP contribution is 2.46. The zero-order valence-electron chi connectivity index (χ0n) is 14.7. The summed E-state index contributed by atoms with van der Waals surface area (Å²) in [4.78, 5) is 25.9. The van der Waals surface area contributed by atoms with Crippen molar-refractivity contribution in [3.05, 3.63) is 58.6 Å². The molecule has 0 unspecified atom stereocenters. The van der Waals surface area contributed by atoms with Gasteiger partial charge >= 0.3 is 0 Å². The van der Waals surface area contributed by atoms with Crippen molar-refractivity contribution in [1.29, 1.82) is 0 Å². The van der Waals surface area contributed by atoms with Crippen molar-refractivity contribution in [2.45, 2.75) is 12.7 Å². The number of carbonyl (C=O) groups is 2. The number of Topliss-reactive ketones (excluding diaryl/α,β-unsaturated/α-hetero) is 1. The van der Waals surface area contributed by atoms with Gasteiger partial charge in [-0.1, -0.05) is 11.6 Å². The Balaban J connectivity index is 1.49. The highest BCUT2D eigenvalue weighted by molar-refractivity contribution is 6.31. The van der Waals surface area contributed by atoms with Gasteiger partial charge in [-0.25, -0.2) is 0 Å². The first-order valence-electron chi connectivity index (χ1n) is 8.65. The highest BCUT2D eigenvalue weighted by atomic mass is 35.5. The topological polar surface area (TPSA) is 65.1 Å². The van der Waals surface area contributed by atoms with E-state index < -0.39 is 5.79 Å². The molecule has 140 valence electrons. The number of ether oxygens (including phenoxy) is 3. The largest absolute Gasteiger partial charge is 0.492 e. The zero-order valence-corrected chi connectivity index (χ0v) is 15.5. The van der Waals surface area contributed by atoms with Crippen LogP contribution < -0.4 is 9.64 Å². The molecular weight excluding hydrogens is 370 g/mol. The van der Waals surface area contributed by atoms with Crippen molar-refractivity contribution in [1.82, 2.24) is 0 Å². The summed E-state index contributed by atoms with van der Waals surface area (Å²) in [6.45, 7) is 2.83. The number of fused-ring (bicyclic) bond motifs is 2. The number of nitrogens with zero attached hydrogens (tertiary/aromatic N) is 1. The van der Waals surface area contributed by atoms with E-state index in [-0.39, 0.29) is 18.3 Å². The number of ketones is 1. The van der Waals surface area contributed by atoms with E-state index in [1.165, 1.54) is 6.92 Å². The van der Waals surface area contributed by atoms with Gasteiger partial charge in [0.2, 0.25) is 0 Å². The van der Waals surface area contributed by atoms with E-state index in [9.17, 15) is 9.59 Å². The highest BCUT2D eigenvalue weighted by Gasteiger charge is 2.56. The molecule has 0 bridgehead atoms. The van der Waals surface area contributed by atoms with Crippen LogP contribution in [0.4, 0.5) is 5.69 Å². The van der Waals surface area contributed by atoms with Crippen LogP contribution in [0.2, 0.25) is 5.02 Å². The van der Waals surface area contributed by atoms with Gasteiger partial charge in [0.25, 0.3) is 11.7 Å². The summed E-state index contributed by atoms with van der Waals surface area (Å²) in [6, 6.07) is 12.1. The van der Waals surface area contributed by atoms with Crippen molar-refractivity contribution in [3.8, 4) is 5.75 Å². The lowest BCUT2D eigenvalue weighted by Gasteiger charge is -2.22. The first kappa shape index (κ1) is 18.0. The fraction of sp³-hybridized carbons (Fsp3) is 0.300. The Bertz CT molecular complexity index is 890. The normalized spacial score (nSPS) is 17.4. The third-order valence-corrected chi connectivity index (χ3v) is 4.90. The molecule has 1 fully saturated rings. The predicted octanol–water partition coefficient (Wildman–Crippen LogP) is 3.17. The van der Waals surface area contributed by atoms with E-state index in [2.05, 4.69) is 0 Å². The Morgan fingerprint density at radius 1 is 1.19 bits per heavy atom. The number of benzene rings is 2. The second-order valence-electron chi connectivity index (χ2n) is 6.36. The molecule has 0 radical (unpaired) electrons. The molecular formula is C20H18ClNO5. The Labute approximate surface area is 161 Å². The van der Waals surface area contributed by atoms with Gasteiger partial charge in [0.15, 0.2) is 5.78 Å². The Kier molecular flexibility index (Phi) is 4.63. The van der Waals surface area contributed by atoms with Crippen LogP contribution in [-0.4, -0.2) is 38.1 Å². The van der Waals surface area contributed by atoms with Crippen LogP contribution in [0.25, 0.3) is 0 Å². The lowest BCUT2D eigenvalue weighted by Crippen LogP contribution is -2.42. The molecule has 0 aliphatic carbocycles. The molecule has 1 spiro atoms. The van der Waals surface area contributed by atoms with Gasteiger partial charge in [0, 0.05) is 16.1 Å². The zero-order chi connectivity index (χ0) is 19.0. The second kappa shape index (κ2) is 6.96. The molecule has 4 rings (SSSR count). The van der Waals surface area contributed by atoms with Crippen LogP contribution in [0.3, 0.4) is 0 Å². The Hall–Kier alpha value is -2.41. The minimum Gasteiger partial charge on any atom is -0.492 e. The fourth-order valence-corrected chi connectivity index (χ4v) is 3.54.